The van der Waals surface area contributed by atoms with Gasteiger partial charge in [-0.25, -0.2) is 8.70 Å². The topological polar surface area (TPSA) is 105 Å². The van der Waals surface area contributed by atoms with Gasteiger partial charge >= 0.3 is 0 Å². The van der Waals surface area contributed by atoms with Gasteiger partial charge in [0.2, 0.25) is 0 Å². The molecule has 1 fully saturated rings. The van der Waals surface area contributed by atoms with Crippen LogP contribution in [0, 0.1) is 29.0 Å². The van der Waals surface area contributed by atoms with Crippen molar-refractivity contribution in [3.63, 3.8) is 0 Å². The summed E-state index contributed by atoms with van der Waals surface area (Å²) < 4.78 is 15.6. The van der Waals surface area contributed by atoms with Gasteiger partial charge < -0.3 is 21.5 Å². The fourth-order valence-electron chi connectivity index (χ4n) is 4.71. The lowest BCUT2D eigenvalue weighted by Crippen LogP contribution is -2.49. The number of Topliss-reactive ketones (excluding diaryl/α,β-unsaturated/α-hetero) is 1. The van der Waals surface area contributed by atoms with Crippen LogP contribution in [0.5, 0.6) is 0 Å². The summed E-state index contributed by atoms with van der Waals surface area (Å²) in [4.78, 5) is 19.4. The molecule has 192 valence electrons. The van der Waals surface area contributed by atoms with Crippen LogP contribution in [0.15, 0.2) is 76.1 Å². The molecule has 1 aromatic heterocycles. The summed E-state index contributed by atoms with van der Waals surface area (Å²) >= 11 is 1.47. The van der Waals surface area contributed by atoms with Crippen molar-refractivity contribution in [3.8, 4) is 0 Å². The number of aromatic nitrogens is 1. The summed E-state index contributed by atoms with van der Waals surface area (Å²) in [5.41, 5.74) is 4.48. The molecule has 9 heteroatoms. The number of ketones is 1. The van der Waals surface area contributed by atoms with E-state index in [1.807, 2.05) is 39.1 Å². The minimum atomic E-state index is -0.895. The average Bonchev–Trinajstić information content (AvgIpc) is 2.91. The molecule has 7 nitrogen and oxygen atoms in total. The number of halogens is 1. The Hall–Kier alpha value is -3.56. The molecule has 4 N–H and O–H groups in total. The van der Waals surface area contributed by atoms with Gasteiger partial charge in [0.05, 0.1) is 10.3 Å². The largest absolute Gasteiger partial charge is 0.391 e. The number of nitrogens with one attached hydrogen (secondary N) is 4. The van der Waals surface area contributed by atoms with E-state index < -0.39 is 5.41 Å². The Morgan fingerprint density at radius 3 is 2.65 bits per heavy atom. The molecule has 0 bridgehead atoms. The number of aryl methyl sites for hydroxylation is 1. The van der Waals surface area contributed by atoms with Crippen LogP contribution in [-0.2, 0) is 0 Å². The standard InChI is InChI=1S/C28H31FN6OS/c1-18-8-10-33-25(12-18)27(36)28-14-20(15-30)24(34-23-6-4-22(29)5-7-23)13-21(28)9-11-35(17-28)37-26(16-31)19(2)32-3/h4-8,10,12-13,15-16,30-32,34H,9,11,14,17H2,1-3H3/b26-19+,30-15?,31-16?. The van der Waals surface area contributed by atoms with E-state index in [-0.39, 0.29) is 11.6 Å². The molecular formula is C28H31FN6OS. The summed E-state index contributed by atoms with van der Waals surface area (Å²) in [5.74, 6) is -0.389. The van der Waals surface area contributed by atoms with Crippen molar-refractivity contribution in [3.05, 3.63) is 93.2 Å². The molecule has 1 aliphatic heterocycles. The summed E-state index contributed by atoms with van der Waals surface area (Å²) in [7, 11) is 1.82. The lowest BCUT2D eigenvalue weighted by Gasteiger charge is -2.45. The zero-order chi connectivity index (χ0) is 26.6. The normalized spacial score (nSPS) is 20.4. The Bertz CT molecular complexity index is 1320. The minimum Gasteiger partial charge on any atom is -0.391 e. The van der Waals surface area contributed by atoms with Crippen molar-refractivity contribution in [1.29, 1.82) is 10.8 Å². The molecule has 0 radical (unpaired) electrons. The van der Waals surface area contributed by atoms with Gasteiger partial charge in [-0.2, -0.15) is 0 Å². The van der Waals surface area contributed by atoms with Gasteiger partial charge in [-0.1, -0.05) is 5.57 Å². The molecule has 2 aromatic rings. The molecule has 1 aliphatic carbocycles. The number of pyridine rings is 1. The van der Waals surface area contributed by atoms with Crippen LogP contribution in [0.4, 0.5) is 10.1 Å². The Morgan fingerprint density at radius 2 is 2.00 bits per heavy atom. The monoisotopic (exact) mass is 518 g/mol. The molecule has 0 spiro atoms. The maximum absolute atomic E-state index is 14.2. The summed E-state index contributed by atoms with van der Waals surface area (Å²) in [6.07, 6.45) is 7.24. The lowest BCUT2D eigenvalue weighted by molar-refractivity contribution is 0.0775. The predicted molar refractivity (Wildman–Crippen MR) is 149 cm³/mol. The lowest BCUT2D eigenvalue weighted by atomic mass is 9.65. The van der Waals surface area contributed by atoms with Crippen molar-refractivity contribution in [1.82, 2.24) is 14.6 Å². The summed E-state index contributed by atoms with van der Waals surface area (Å²) in [5, 5.41) is 22.5. The summed E-state index contributed by atoms with van der Waals surface area (Å²) in [6.45, 7) is 4.98. The molecule has 37 heavy (non-hydrogen) atoms. The zero-order valence-electron chi connectivity index (χ0n) is 21.2. The van der Waals surface area contributed by atoms with E-state index in [1.165, 1.54) is 36.5 Å². The molecule has 1 atom stereocenters. The van der Waals surface area contributed by atoms with Crippen LogP contribution >= 0.6 is 11.9 Å². The highest BCUT2D eigenvalue weighted by Crippen LogP contribution is 2.48. The van der Waals surface area contributed by atoms with Crippen LogP contribution in [-0.4, -0.2) is 47.6 Å². The highest BCUT2D eigenvalue weighted by atomic mass is 32.2. The van der Waals surface area contributed by atoms with Crippen LogP contribution in [0.3, 0.4) is 0 Å². The van der Waals surface area contributed by atoms with Gasteiger partial charge in [-0.05, 0) is 92.2 Å². The molecular weight excluding hydrogens is 487 g/mol. The number of carbonyl (C=O) groups excluding carboxylic acids is 1. The SMILES string of the molecule is CN/C(C)=C(\C=N)SN1CCC2=CC(Nc3ccc(F)cc3)=C(C=N)CC2(C(=O)c2cc(C)ccn2)C1. The summed E-state index contributed by atoms with van der Waals surface area (Å²) in [6, 6.07) is 9.76. The molecule has 1 unspecified atom stereocenters. The smallest absolute Gasteiger partial charge is 0.193 e. The van der Waals surface area contributed by atoms with Gasteiger partial charge in [-0.3, -0.25) is 9.78 Å². The number of fused-ring (bicyclic) bond motifs is 1. The molecule has 0 saturated carbocycles. The van der Waals surface area contributed by atoms with Gasteiger partial charge in [0.1, 0.15) is 11.5 Å². The van der Waals surface area contributed by atoms with E-state index in [0.29, 0.717) is 42.9 Å². The van der Waals surface area contributed by atoms with Crippen molar-refractivity contribution in [2.24, 2.45) is 5.41 Å². The second-order valence-corrected chi connectivity index (χ2v) is 10.4. The van der Waals surface area contributed by atoms with Crippen LogP contribution in [0.2, 0.25) is 0 Å². The fourth-order valence-corrected chi connectivity index (χ4v) is 5.75. The minimum absolute atomic E-state index is 0.0707. The van der Waals surface area contributed by atoms with E-state index >= 15 is 0 Å². The third kappa shape index (κ3) is 5.57. The quantitative estimate of drug-likeness (QED) is 0.199. The maximum atomic E-state index is 14.2. The van der Waals surface area contributed by atoms with E-state index in [1.54, 1.807) is 18.3 Å². The van der Waals surface area contributed by atoms with Gasteiger partial charge in [0.15, 0.2) is 5.78 Å². The van der Waals surface area contributed by atoms with Crippen LogP contribution in [0.1, 0.15) is 35.8 Å². The van der Waals surface area contributed by atoms with Gasteiger partial charge in [0, 0.05) is 55.8 Å². The number of anilines is 1. The Morgan fingerprint density at radius 1 is 1.24 bits per heavy atom. The Kier molecular flexibility index (Phi) is 8.04. The predicted octanol–water partition coefficient (Wildman–Crippen LogP) is 5.50. The Balaban J connectivity index is 1.74. The molecule has 0 amide bonds. The average molecular weight is 519 g/mol. The van der Waals surface area contributed by atoms with Crippen molar-refractivity contribution < 1.29 is 9.18 Å². The number of nitrogens with zero attached hydrogens (tertiary/aromatic N) is 2. The zero-order valence-corrected chi connectivity index (χ0v) is 22.0. The maximum Gasteiger partial charge on any atom is 0.193 e. The number of hydrogen-bond donors (Lipinski definition) is 4. The third-order valence-corrected chi connectivity index (χ3v) is 8.02. The Labute approximate surface area is 221 Å². The molecule has 2 heterocycles. The van der Waals surface area contributed by atoms with E-state index in [4.69, 9.17) is 10.8 Å². The number of piperidine rings is 1. The third-order valence-electron chi connectivity index (χ3n) is 6.83. The number of allylic oxidation sites excluding steroid dienone is 4. The molecule has 2 aliphatic rings. The van der Waals surface area contributed by atoms with Gasteiger partial charge in [0.25, 0.3) is 0 Å². The van der Waals surface area contributed by atoms with E-state index in [0.717, 1.165) is 27.4 Å². The first-order chi connectivity index (χ1) is 17.8. The molecule has 4 rings (SSSR count). The first kappa shape index (κ1) is 26.5. The molecule has 1 saturated heterocycles. The number of hydrogen-bond acceptors (Lipinski definition) is 8. The number of carbonyl (C=O) groups is 1. The first-order valence-electron chi connectivity index (χ1n) is 12.1. The second kappa shape index (κ2) is 11.2. The second-order valence-electron chi connectivity index (χ2n) is 9.28. The van der Waals surface area contributed by atoms with Crippen LogP contribution in [0.25, 0.3) is 0 Å². The van der Waals surface area contributed by atoms with Gasteiger partial charge in [-0.15, -0.1) is 0 Å². The number of benzene rings is 1. The van der Waals surface area contributed by atoms with Crippen molar-refractivity contribution in [2.45, 2.75) is 26.7 Å². The van der Waals surface area contributed by atoms with E-state index in [9.17, 15) is 9.18 Å². The highest BCUT2D eigenvalue weighted by molar-refractivity contribution is 8.01. The molecule has 1 aromatic carbocycles. The van der Waals surface area contributed by atoms with Crippen molar-refractivity contribution in [2.75, 3.05) is 25.5 Å². The number of rotatable bonds is 9. The highest BCUT2D eigenvalue weighted by Gasteiger charge is 2.49. The fraction of sp³-hybridized carbons (Fsp3) is 0.286. The first-order valence-corrected chi connectivity index (χ1v) is 12.8. The van der Waals surface area contributed by atoms with Crippen molar-refractivity contribution >= 4 is 35.8 Å². The van der Waals surface area contributed by atoms with Crippen LogP contribution < -0.4 is 10.6 Å². The van der Waals surface area contributed by atoms with E-state index in [2.05, 4.69) is 19.9 Å².